The van der Waals surface area contributed by atoms with E-state index >= 15 is 0 Å². The molecule has 0 aliphatic rings. The molecule has 24 heavy (non-hydrogen) atoms. The van der Waals surface area contributed by atoms with Crippen molar-refractivity contribution in [2.24, 2.45) is 0 Å². The van der Waals surface area contributed by atoms with E-state index < -0.39 is 10.0 Å². The minimum atomic E-state index is -3.38. The first-order valence-corrected chi connectivity index (χ1v) is 10.1. The number of thiophene rings is 1. The molecule has 2 heterocycles. The third kappa shape index (κ3) is 4.47. The molecule has 0 amide bonds. The number of rotatable bonds is 7. The number of sulfonamides is 1. The Morgan fingerprint density at radius 1 is 1.04 bits per heavy atom. The van der Waals surface area contributed by atoms with Gasteiger partial charge in [0.25, 0.3) is 0 Å². The van der Waals surface area contributed by atoms with Gasteiger partial charge < -0.3 is 0 Å². The molecule has 1 N–H and O–H groups in total. The van der Waals surface area contributed by atoms with Gasteiger partial charge in [0.15, 0.2) is 0 Å². The molecule has 0 radical (unpaired) electrons. The monoisotopic (exact) mass is 359 g/mol. The van der Waals surface area contributed by atoms with Crippen molar-refractivity contribution in [1.82, 2.24) is 14.7 Å². The van der Waals surface area contributed by atoms with Crippen LogP contribution in [0.15, 0.2) is 59.6 Å². The fourth-order valence-corrected chi connectivity index (χ4v) is 3.93. The standard InChI is InChI=1S/C17H17N3O2S2/c21-24(22,11-7-14-4-2-1-3-5-14)20-12-16-17(19-9-8-18-16)15-6-10-23-13-15/h1-6,8-10,13,20H,7,11-12H2. The minimum Gasteiger partial charge on any atom is -0.256 e. The Morgan fingerprint density at radius 2 is 1.83 bits per heavy atom. The van der Waals surface area contributed by atoms with Gasteiger partial charge in [0.1, 0.15) is 0 Å². The first kappa shape index (κ1) is 16.8. The number of hydrogen-bond acceptors (Lipinski definition) is 5. The van der Waals surface area contributed by atoms with E-state index in [-0.39, 0.29) is 12.3 Å². The van der Waals surface area contributed by atoms with Gasteiger partial charge in [-0.1, -0.05) is 30.3 Å². The molecule has 0 saturated heterocycles. The number of nitrogens with one attached hydrogen (secondary N) is 1. The topological polar surface area (TPSA) is 72.0 Å². The highest BCUT2D eigenvalue weighted by Gasteiger charge is 2.14. The lowest BCUT2D eigenvalue weighted by molar-refractivity contribution is 0.579. The van der Waals surface area contributed by atoms with Gasteiger partial charge >= 0.3 is 0 Å². The quantitative estimate of drug-likeness (QED) is 0.704. The van der Waals surface area contributed by atoms with Crippen LogP contribution < -0.4 is 4.72 Å². The summed E-state index contributed by atoms with van der Waals surface area (Å²) in [5, 5.41) is 3.93. The van der Waals surface area contributed by atoms with Crippen molar-refractivity contribution in [1.29, 1.82) is 0 Å². The van der Waals surface area contributed by atoms with Crippen LogP contribution in [-0.4, -0.2) is 24.1 Å². The number of nitrogens with zero attached hydrogens (tertiary/aromatic N) is 2. The first-order chi connectivity index (χ1) is 11.6. The molecule has 0 fully saturated rings. The molecule has 5 nitrogen and oxygen atoms in total. The Bertz CT molecular complexity index is 879. The molecule has 1 aromatic carbocycles. The largest absolute Gasteiger partial charge is 0.256 e. The SMILES string of the molecule is O=S(=O)(CCc1ccccc1)NCc1nccnc1-c1ccsc1. The number of aromatic nitrogens is 2. The zero-order valence-electron chi connectivity index (χ0n) is 12.9. The normalized spacial score (nSPS) is 11.5. The molecule has 124 valence electrons. The summed E-state index contributed by atoms with van der Waals surface area (Å²) in [4.78, 5) is 8.60. The summed E-state index contributed by atoms with van der Waals surface area (Å²) in [7, 11) is -3.38. The van der Waals surface area contributed by atoms with Crippen molar-refractivity contribution in [3.05, 3.63) is 70.8 Å². The zero-order valence-corrected chi connectivity index (χ0v) is 14.6. The molecule has 0 atom stereocenters. The number of aryl methyl sites for hydroxylation is 1. The maximum Gasteiger partial charge on any atom is 0.212 e. The van der Waals surface area contributed by atoms with Crippen molar-refractivity contribution in [3.8, 4) is 11.3 Å². The van der Waals surface area contributed by atoms with Crippen LogP contribution >= 0.6 is 11.3 Å². The van der Waals surface area contributed by atoms with E-state index in [1.165, 1.54) is 0 Å². The lowest BCUT2D eigenvalue weighted by atomic mass is 10.2. The van der Waals surface area contributed by atoms with Crippen LogP contribution in [0.1, 0.15) is 11.3 Å². The molecule has 0 aliphatic carbocycles. The molecule has 0 spiro atoms. The van der Waals surface area contributed by atoms with Gasteiger partial charge in [0, 0.05) is 23.3 Å². The minimum absolute atomic E-state index is 0.0467. The number of benzene rings is 1. The smallest absolute Gasteiger partial charge is 0.212 e. The Hall–Kier alpha value is -2.09. The van der Waals surface area contributed by atoms with Gasteiger partial charge in [0.05, 0.1) is 23.7 Å². The molecule has 3 aromatic rings. The van der Waals surface area contributed by atoms with Crippen LogP contribution in [0.2, 0.25) is 0 Å². The third-order valence-corrected chi connectivity index (χ3v) is 5.54. The molecule has 0 bridgehead atoms. The molecule has 2 aromatic heterocycles. The molecule has 0 aliphatic heterocycles. The summed E-state index contributed by atoms with van der Waals surface area (Å²) >= 11 is 1.57. The van der Waals surface area contributed by atoms with E-state index in [1.54, 1.807) is 23.7 Å². The number of hydrogen-bond donors (Lipinski definition) is 1. The highest BCUT2D eigenvalue weighted by molar-refractivity contribution is 7.89. The molecular weight excluding hydrogens is 342 g/mol. The van der Waals surface area contributed by atoms with Crippen molar-refractivity contribution in [3.63, 3.8) is 0 Å². The summed E-state index contributed by atoms with van der Waals surface area (Å²) in [6.45, 7) is 0.135. The van der Waals surface area contributed by atoms with Crippen LogP contribution in [0.25, 0.3) is 11.3 Å². The van der Waals surface area contributed by atoms with E-state index in [4.69, 9.17) is 0 Å². The lowest BCUT2D eigenvalue weighted by Crippen LogP contribution is -2.27. The van der Waals surface area contributed by atoms with Gasteiger partial charge in [-0.3, -0.25) is 9.97 Å². The zero-order chi connectivity index (χ0) is 16.8. The van der Waals surface area contributed by atoms with Gasteiger partial charge in [-0.15, -0.1) is 0 Å². The van der Waals surface area contributed by atoms with Crippen molar-refractivity contribution in [2.45, 2.75) is 13.0 Å². The summed E-state index contributed by atoms with van der Waals surface area (Å²) < 4.78 is 27.1. The van der Waals surface area contributed by atoms with Crippen LogP contribution in [0.4, 0.5) is 0 Å². The second-order valence-electron chi connectivity index (χ2n) is 5.24. The fourth-order valence-electron chi connectivity index (χ4n) is 2.28. The van der Waals surface area contributed by atoms with Crippen LogP contribution in [-0.2, 0) is 23.0 Å². The Kier molecular flexibility index (Phi) is 5.34. The van der Waals surface area contributed by atoms with Crippen LogP contribution in [0.5, 0.6) is 0 Å². The van der Waals surface area contributed by atoms with E-state index in [0.717, 1.165) is 11.1 Å². The molecule has 3 rings (SSSR count). The van der Waals surface area contributed by atoms with Gasteiger partial charge in [-0.25, -0.2) is 13.1 Å². The van der Waals surface area contributed by atoms with E-state index in [2.05, 4.69) is 14.7 Å². The summed E-state index contributed by atoms with van der Waals surface area (Å²) in [5.74, 6) is 0.0467. The highest BCUT2D eigenvalue weighted by Crippen LogP contribution is 2.22. The molecule has 0 saturated carbocycles. The van der Waals surface area contributed by atoms with E-state index in [1.807, 2.05) is 47.2 Å². The van der Waals surface area contributed by atoms with Crippen LogP contribution in [0.3, 0.4) is 0 Å². The second-order valence-corrected chi connectivity index (χ2v) is 7.95. The maximum atomic E-state index is 12.2. The summed E-state index contributed by atoms with van der Waals surface area (Å²) in [6.07, 6.45) is 3.66. The van der Waals surface area contributed by atoms with Gasteiger partial charge in [-0.05, 0) is 23.4 Å². The first-order valence-electron chi connectivity index (χ1n) is 7.48. The molecule has 0 unspecified atom stereocenters. The predicted octanol–water partition coefficient (Wildman–Crippen LogP) is 2.87. The highest BCUT2D eigenvalue weighted by atomic mass is 32.2. The van der Waals surface area contributed by atoms with Crippen LogP contribution in [0, 0.1) is 0 Å². The molecule has 7 heteroatoms. The fraction of sp³-hybridized carbons (Fsp3) is 0.176. The third-order valence-electron chi connectivity index (χ3n) is 3.53. The second kappa shape index (κ2) is 7.65. The Balaban J connectivity index is 1.65. The predicted molar refractivity (Wildman–Crippen MR) is 96.1 cm³/mol. The Morgan fingerprint density at radius 3 is 2.58 bits per heavy atom. The average molecular weight is 359 g/mol. The molecular formula is C17H17N3O2S2. The van der Waals surface area contributed by atoms with Gasteiger partial charge in [0.2, 0.25) is 10.0 Å². The van der Waals surface area contributed by atoms with Crippen molar-refractivity contribution < 1.29 is 8.42 Å². The lowest BCUT2D eigenvalue weighted by Gasteiger charge is -2.09. The summed E-state index contributed by atoms with van der Waals surface area (Å²) in [6, 6.07) is 11.5. The van der Waals surface area contributed by atoms with Crippen molar-refractivity contribution in [2.75, 3.05) is 5.75 Å². The Labute approximate surface area is 145 Å². The maximum absolute atomic E-state index is 12.2. The van der Waals surface area contributed by atoms with Crippen molar-refractivity contribution >= 4 is 21.4 Å². The van der Waals surface area contributed by atoms with E-state index in [9.17, 15) is 8.42 Å². The summed E-state index contributed by atoms with van der Waals surface area (Å²) in [5.41, 5.74) is 3.29. The van der Waals surface area contributed by atoms with E-state index in [0.29, 0.717) is 17.8 Å². The average Bonchev–Trinajstić information content (AvgIpc) is 3.14. The van der Waals surface area contributed by atoms with Gasteiger partial charge in [-0.2, -0.15) is 11.3 Å².